The van der Waals surface area contributed by atoms with Crippen LogP contribution in [0.2, 0.25) is 0 Å². The van der Waals surface area contributed by atoms with Gasteiger partial charge >= 0.3 is 0 Å². The van der Waals surface area contributed by atoms with Gasteiger partial charge in [0.1, 0.15) is 5.75 Å². The molecule has 0 aromatic heterocycles. The van der Waals surface area contributed by atoms with Gasteiger partial charge in [0, 0.05) is 26.2 Å². The van der Waals surface area contributed by atoms with Crippen molar-refractivity contribution in [1.82, 2.24) is 9.21 Å². The molecule has 2 aromatic carbocycles. The number of fused-ring (bicyclic) bond motifs is 1. The molecule has 1 N–H and O–H groups in total. The van der Waals surface area contributed by atoms with Gasteiger partial charge in [0.2, 0.25) is 15.9 Å². The molecule has 4 rings (SSSR count). The van der Waals surface area contributed by atoms with Gasteiger partial charge in [-0.1, -0.05) is 18.2 Å². The summed E-state index contributed by atoms with van der Waals surface area (Å²) < 4.78 is 33.1. The molecule has 31 heavy (non-hydrogen) atoms. The summed E-state index contributed by atoms with van der Waals surface area (Å²) in [6.07, 6.45) is 3.07. The number of piperazine rings is 1. The highest BCUT2D eigenvalue weighted by Gasteiger charge is 2.32. The van der Waals surface area contributed by atoms with Gasteiger partial charge in [-0.3, -0.25) is 9.69 Å². The Hall–Kier alpha value is -2.42. The third kappa shape index (κ3) is 4.46. The zero-order chi connectivity index (χ0) is 22.0. The summed E-state index contributed by atoms with van der Waals surface area (Å²) in [5, 5.41) is 2.91. The second-order valence-electron chi connectivity index (χ2n) is 8.09. The van der Waals surface area contributed by atoms with Crippen molar-refractivity contribution >= 4 is 21.6 Å². The van der Waals surface area contributed by atoms with Gasteiger partial charge in [0.05, 0.1) is 23.7 Å². The average Bonchev–Trinajstić information content (AvgIpc) is 3.27. The van der Waals surface area contributed by atoms with E-state index in [0.717, 1.165) is 24.8 Å². The van der Waals surface area contributed by atoms with Gasteiger partial charge in [-0.05, 0) is 61.6 Å². The Morgan fingerprint density at radius 1 is 1.03 bits per heavy atom. The summed E-state index contributed by atoms with van der Waals surface area (Å²) in [5.41, 5.74) is 3.04. The maximum absolute atomic E-state index is 13.1. The number of nitrogens with zero attached hydrogens (tertiary/aromatic N) is 2. The first-order chi connectivity index (χ1) is 14.9. The van der Waals surface area contributed by atoms with Crippen molar-refractivity contribution in [3.8, 4) is 5.75 Å². The molecule has 1 aliphatic heterocycles. The van der Waals surface area contributed by atoms with Gasteiger partial charge < -0.3 is 10.1 Å². The monoisotopic (exact) mass is 443 g/mol. The largest absolute Gasteiger partial charge is 0.495 e. The predicted octanol–water partition coefficient (Wildman–Crippen LogP) is 2.52. The summed E-state index contributed by atoms with van der Waals surface area (Å²) in [7, 11) is -1.96. The average molecular weight is 444 g/mol. The molecule has 1 heterocycles. The molecule has 1 amide bonds. The summed E-state index contributed by atoms with van der Waals surface area (Å²) in [6, 6.07) is 12.4. The van der Waals surface area contributed by atoms with Crippen LogP contribution in [0, 0.1) is 0 Å². The van der Waals surface area contributed by atoms with Gasteiger partial charge in [-0.2, -0.15) is 4.31 Å². The number of methoxy groups -OCH3 is 1. The highest BCUT2D eigenvalue weighted by atomic mass is 32.2. The summed E-state index contributed by atoms with van der Waals surface area (Å²) in [4.78, 5) is 15.1. The number of carbonyl (C=O) groups is 1. The standard InChI is InChI=1S/C23H29N3O4S/c1-17(23(27)24-21-8-3-4-9-22(21)30-2)25-12-14-26(15-13-25)31(28,29)20-11-10-18-6-5-7-19(18)16-20/h3-4,8-11,16-17H,5-7,12-15H2,1-2H3,(H,24,27). The lowest BCUT2D eigenvalue weighted by atomic mass is 10.1. The molecule has 0 bridgehead atoms. The number of hydrogen-bond acceptors (Lipinski definition) is 5. The smallest absolute Gasteiger partial charge is 0.243 e. The molecule has 1 fully saturated rings. The number of ether oxygens (including phenoxy) is 1. The van der Waals surface area contributed by atoms with Crippen molar-refractivity contribution in [2.75, 3.05) is 38.6 Å². The third-order valence-electron chi connectivity index (χ3n) is 6.27. The Morgan fingerprint density at radius 3 is 2.48 bits per heavy atom. The molecule has 0 spiro atoms. The van der Waals surface area contributed by atoms with Gasteiger partial charge in [0.15, 0.2) is 0 Å². The van der Waals surface area contributed by atoms with Crippen LogP contribution in [0.3, 0.4) is 0 Å². The van der Waals surface area contributed by atoms with Crippen LogP contribution in [-0.2, 0) is 27.7 Å². The molecule has 0 radical (unpaired) electrons. The van der Waals surface area contributed by atoms with Crippen molar-refractivity contribution in [2.24, 2.45) is 0 Å². The van der Waals surface area contributed by atoms with E-state index in [9.17, 15) is 13.2 Å². The fourth-order valence-electron chi connectivity index (χ4n) is 4.34. The number of rotatable bonds is 6. The molecule has 166 valence electrons. The van der Waals surface area contributed by atoms with E-state index in [1.807, 2.05) is 36.1 Å². The van der Waals surface area contributed by atoms with Gasteiger partial charge in [0.25, 0.3) is 0 Å². The second kappa shape index (κ2) is 8.98. The zero-order valence-corrected chi connectivity index (χ0v) is 18.8. The molecule has 7 nitrogen and oxygen atoms in total. The van der Waals surface area contributed by atoms with Crippen molar-refractivity contribution in [2.45, 2.75) is 37.1 Å². The van der Waals surface area contributed by atoms with E-state index in [4.69, 9.17) is 4.74 Å². The number of sulfonamides is 1. The highest BCUT2D eigenvalue weighted by molar-refractivity contribution is 7.89. The zero-order valence-electron chi connectivity index (χ0n) is 18.0. The second-order valence-corrected chi connectivity index (χ2v) is 10.0. The molecular formula is C23H29N3O4S. The molecule has 1 saturated heterocycles. The SMILES string of the molecule is COc1ccccc1NC(=O)C(C)N1CCN(S(=O)(=O)c2ccc3c(c2)CCC3)CC1. The van der Waals surface area contributed by atoms with E-state index < -0.39 is 10.0 Å². The first-order valence-electron chi connectivity index (χ1n) is 10.7. The Labute approximate surface area is 184 Å². The highest BCUT2D eigenvalue weighted by Crippen LogP contribution is 2.27. The van der Waals surface area contributed by atoms with Crippen LogP contribution in [-0.4, -0.2) is 62.9 Å². The predicted molar refractivity (Wildman–Crippen MR) is 120 cm³/mol. The Kier molecular flexibility index (Phi) is 6.31. The van der Waals surface area contributed by atoms with E-state index in [0.29, 0.717) is 42.5 Å². The Morgan fingerprint density at radius 2 is 1.74 bits per heavy atom. The molecule has 8 heteroatoms. The van der Waals surface area contributed by atoms with Crippen LogP contribution in [0.15, 0.2) is 47.4 Å². The number of para-hydroxylation sites is 2. The Balaban J connectivity index is 1.38. The topological polar surface area (TPSA) is 79.0 Å². The number of hydrogen-bond donors (Lipinski definition) is 1. The minimum Gasteiger partial charge on any atom is -0.495 e. The fourth-order valence-corrected chi connectivity index (χ4v) is 5.81. The van der Waals surface area contributed by atoms with E-state index >= 15 is 0 Å². The minimum absolute atomic E-state index is 0.139. The molecule has 1 unspecified atom stereocenters. The lowest BCUT2D eigenvalue weighted by Gasteiger charge is -2.36. The maximum Gasteiger partial charge on any atom is 0.243 e. The van der Waals surface area contributed by atoms with Crippen molar-refractivity contribution < 1.29 is 17.9 Å². The van der Waals surface area contributed by atoms with Crippen LogP contribution >= 0.6 is 0 Å². The van der Waals surface area contributed by atoms with Crippen LogP contribution in [0.5, 0.6) is 5.75 Å². The van der Waals surface area contributed by atoms with Crippen molar-refractivity contribution in [3.63, 3.8) is 0 Å². The van der Waals surface area contributed by atoms with Gasteiger partial charge in [-0.25, -0.2) is 8.42 Å². The van der Waals surface area contributed by atoms with Crippen molar-refractivity contribution in [3.05, 3.63) is 53.6 Å². The summed E-state index contributed by atoms with van der Waals surface area (Å²) in [6.45, 7) is 3.59. The lowest BCUT2D eigenvalue weighted by Crippen LogP contribution is -2.53. The number of carbonyl (C=O) groups excluding carboxylic acids is 1. The molecule has 1 atom stereocenters. The van der Waals surface area contributed by atoms with Crippen LogP contribution < -0.4 is 10.1 Å². The maximum atomic E-state index is 13.1. The first-order valence-corrected chi connectivity index (χ1v) is 12.1. The third-order valence-corrected chi connectivity index (χ3v) is 8.17. The van der Waals surface area contributed by atoms with Crippen LogP contribution in [0.25, 0.3) is 0 Å². The molecular weight excluding hydrogens is 414 g/mol. The quantitative estimate of drug-likeness (QED) is 0.742. The van der Waals surface area contributed by atoms with E-state index in [1.54, 1.807) is 25.3 Å². The van der Waals surface area contributed by atoms with Crippen molar-refractivity contribution in [1.29, 1.82) is 0 Å². The van der Waals surface area contributed by atoms with E-state index in [1.165, 1.54) is 9.87 Å². The number of amides is 1. The van der Waals surface area contributed by atoms with Crippen LogP contribution in [0.1, 0.15) is 24.5 Å². The summed E-state index contributed by atoms with van der Waals surface area (Å²) >= 11 is 0. The lowest BCUT2D eigenvalue weighted by molar-refractivity contribution is -0.121. The minimum atomic E-state index is -3.52. The number of aryl methyl sites for hydroxylation is 2. The number of benzene rings is 2. The molecule has 2 aliphatic rings. The van der Waals surface area contributed by atoms with E-state index in [2.05, 4.69) is 5.32 Å². The van der Waals surface area contributed by atoms with E-state index in [-0.39, 0.29) is 11.9 Å². The number of anilines is 1. The molecule has 0 saturated carbocycles. The van der Waals surface area contributed by atoms with Gasteiger partial charge in [-0.15, -0.1) is 0 Å². The summed E-state index contributed by atoms with van der Waals surface area (Å²) in [5.74, 6) is 0.465. The normalized spacial score (nSPS) is 18.4. The number of nitrogens with one attached hydrogen (secondary N) is 1. The first kappa shape index (κ1) is 21.8. The molecule has 2 aromatic rings. The van der Waals surface area contributed by atoms with Crippen LogP contribution in [0.4, 0.5) is 5.69 Å². The molecule has 1 aliphatic carbocycles. The Bertz CT molecular complexity index is 1060. The fraction of sp³-hybridized carbons (Fsp3) is 0.435.